The Hall–Kier alpha value is -1.84. The Morgan fingerprint density at radius 2 is 2.05 bits per heavy atom. The number of carbonyl (C=O) groups is 2. The standard InChI is InChI=1S/C16H21NO3/c1-10-3-4-11(2)13(7-10)9-15(18)17-14-6-5-12(8-14)16(19)20/h3-4,7,12,14H,5-6,8-9H2,1-2H3,(H,17,18)(H,19,20). The summed E-state index contributed by atoms with van der Waals surface area (Å²) in [6.45, 7) is 4.01. The van der Waals surface area contributed by atoms with Gasteiger partial charge in [0.25, 0.3) is 0 Å². The molecule has 1 saturated carbocycles. The molecular weight excluding hydrogens is 254 g/mol. The molecule has 2 N–H and O–H groups in total. The molecule has 1 aliphatic carbocycles. The first kappa shape index (κ1) is 14.6. The zero-order valence-electron chi connectivity index (χ0n) is 12.0. The van der Waals surface area contributed by atoms with Gasteiger partial charge in [-0.2, -0.15) is 0 Å². The Morgan fingerprint density at radius 3 is 2.70 bits per heavy atom. The lowest BCUT2D eigenvalue weighted by Gasteiger charge is -2.13. The van der Waals surface area contributed by atoms with Crippen LogP contribution in [0.4, 0.5) is 0 Å². The molecule has 2 rings (SSSR count). The summed E-state index contributed by atoms with van der Waals surface area (Å²) in [5, 5.41) is 11.9. The molecule has 2 atom stereocenters. The minimum Gasteiger partial charge on any atom is -0.481 e. The first-order chi connectivity index (χ1) is 9.45. The zero-order chi connectivity index (χ0) is 14.7. The fraction of sp³-hybridized carbons (Fsp3) is 0.500. The number of hydrogen-bond donors (Lipinski definition) is 2. The van der Waals surface area contributed by atoms with E-state index in [1.807, 2.05) is 32.0 Å². The average Bonchev–Trinajstić information content (AvgIpc) is 2.82. The minimum atomic E-state index is -0.753. The van der Waals surface area contributed by atoms with Crippen LogP contribution >= 0.6 is 0 Å². The van der Waals surface area contributed by atoms with Crippen molar-refractivity contribution in [3.05, 3.63) is 34.9 Å². The maximum Gasteiger partial charge on any atom is 0.306 e. The second-order valence-electron chi connectivity index (χ2n) is 5.72. The third-order valence-electron chi connectivity index (χ3n) is 4.00. The molecule has 1 fully saturated rings. The summed E-state index contributed by atoms with van der Waals surface area (Å²) in [7, 11) is 0. The average molecular weight is 275 g/mol. The van der Waals surface area contributed by atoms with Crippen LogP contribution in [0.2, 0.25) is 0 Å². The molecule has 4 heteroatoms. The van der Waals surface area contributed by atoms with E-state index in [0.717, 1.165) is 23.1 Å². The predicted molar refractivity (Wildman–Crippen MR) is 76.5 cm³/mol. The van der Waals surface area contributed by atoms with Crippen LogP contribution in [0.1, 0.15) is 36.0 Å². The number of aryl methyl sites for hydroxylation is 2. The van der Waals surface area contributed by atoms with Crippen LogP contribution in [-0.2, 0) is 16.0 Å². The highest BCUT2D eigenvalue weighted by atomic mass is 16.4. The maximum atomic E-state index is 12.0. The topological polar surface area (TPSA) is 66.4 Å². The van der Waals surface area contributed by atoms with E-state index in [0.29, 0.717) is 19.3 Å². The lowest BCUT2D eigenvalue weighted by atomic mass is 10.0. The Bertz CT molecular complexity index is 524. The predicted octanol–water partition coefficient (Wildman–Crippen LogP) is 2.22. The normalized spacial score (nSPS) is 21.7. The maximum absolute atomic E-state index is 12.0. The number of benzene rings is 1. The Labute approximate surface area is 119 Å². The van der Waals surface area contributed by atoms with Gasteiger partial charge >= 0.3 is 5.97 Å². The van der Waals surface area contributed by atoms with E-state index in [-0.39, 0.29) is 17.9 Å². The van der Waals surface area contributed by atoms with Gasteiger partial charge in [-0.1, -0.05) is 23.8 Å². The fourth-order valence-corrected chi connectivity index (χ4v) is 2.78. The molecule has 0 spiro atoms. The van der Waals surface area contributed by atoms with Crippen molar-refractivity contribution in [2.75, 3.05) is 0 Å². The molecule has 1 aliphatic rings. The van der Waals surface area contributed by atoms with E-state index >= 15 is 0 Å². The molecule has 4 nitrogen and oxygen atoms in total. The largest absolute Gasteiger partial charge is 0.481 e. The van der Waals surface area contributed by atoms with Gasteiger partial charge < -0.3 is 10.4 Å². The summed E-state index contributed by atoms with van der Waals surface area (Å²) in [6, 6.07) is 6.09. The first-order valence-electron chi connectivity index (χ1n) is 7.04. The number of nitrogens with one attached hydrogen (secondary N) is 1. The molecule has 0 aliphatic heterocycles. The number of carboxylic acid groups (broad SMARTS) is 1. The molecule has 0 heterocycles. The van der Waals surface area contributed by atoms with Gasteiger partial charge in [0.1, 0.15) is 0 Å². The number of hydrogen-bond acceptors (Lipinski definition) is 2. The Balaban J connectivity index is 1.90. The fourth-order valence-electron chi connectivity index (χ4n) is 2.78. The van der Waals surface area contributed by atoms with Gasteiger partial charge in [0, 0.05) is 6.04 Å². The van der Waals surface area contributed by atoms with E-state index < -0.39 is 5.97 Å². The van der Waals surface area contributed by atoms with Crippen molar-refractivity contribution in [1.82, 2.24) is 5.32 Å². The van der Waals surface area contributed by atoms with Crippen LogP contribution in [-0.4, -0.2) is 23.0 Å². The van der Waals surface area contributed by atoms with Crippen LogP contribution in [0.25, 0.3) is 0 Å². The zero-order valence-corrected chi connectivity index (χ0v) is 12.0. The second-order valence-corrected chi connectivity index (χ2v) is 5.72. The van der Waals surface area contributed by atoms with Crippen LogP contribution in [0.3, 0.4) is 0 Å². The van der Waals surface area contributed by atoms with Crippen molar-refractivity contribution in [1.29, 1.82) is 0 Å². The van der Waals surface area contributed by atoms with Crippen LogP contribution in [0.15, 0.2) is 18.2 Å². The second kappa shape index (κ2) is 6.07. The number of aliphatic carboxylic acids is 1. The Kier molecular flexibility index (Phi) is 4.42. The number of carbonyl (C=O) groups excluding carboxylic acids is 1. The van der Waals surface area contributed by atoms with Crippen molar-refractivity contribution >= 4 is 11.9 Å². The molecule has 0 radical (unpaired) electrons. The summed E-state index contributed by atoms with van der Waals surface area (Å²) in [5.74, 6) is -1.08. The van der Waals surface area contributed by atoms with Gasteiger partial charge in [0.05, 0.1) is 12.3 Å². The number of rotatable bonds is 4. The SMILES string of the molecule is Cc1ccc(C)c(CC(=O)NC2CCC(C(=O)O)C2)c1. The molecule has 0 bridgehead atoms. The van der Waals surface area contributed by atoms with Crippen molar-refractivity contribution in [2.24, 2.45) is 5.92 Å². The van der Waals surface area contributed by atoms with Crippen molar-refractivity contribution in [2.45, 2.75) is 45.6 Å². The number of carboxylic acids is 1. The van der Waals surface area contributed by atoms with Gasteiger partial charge in [-0.25, -0.2) is 0 Å². The lowest BCUT2D eigenvalue weighted by Crippen LogP contribution is -2.34. The Morgan fingerprint density at radius 1 is 1.30 bits per heavy atom. The van der Waals surface area contributed by atoms with E-state index in [1.54, 1.807) is 0 Å². The molecule has 1 amide bonds. The lowest BCUT2D eigenvalue weighted by molar-refractivity contribution is -0.141. The van der Waals surface area contributed by atoms with Gasteiger partial charge in [0.15, 0.2) is 0 Å². The van der Waals surface area contributed by atoms with E-state index in [2.05, 4.69) is 5.32 Å². The highest BCUT2D eigenvalue weighted by Crippen LogP contribution is 2.25. The first-order valence-corrected chi connectivity index (χ1v) is 7.04. The van der Waals surface area contributed by atoms with E-state index in [9.17, 15) is 9.59 Å². The molecule has 1 aromatic rings. The van der Waals surface area contributed by atoms with Gasteiger partial charge in [-0.05, 0) is 44.2 Å². The molecule has 20 heavy (non-hydrogen) atoms. The molecular formula is C16H21NO3. The quantitative estimate of drug-likeness (QED) is 0.885. The van der Waals surface area contributed by atoms with Crippen molar-refractivity contribution in [3.8, 4) is 0 Å². The molecule has 2 unspecified atom stereocenters. The van der Waals surface area contributed by atoms with Crippen molar-refractivity contribution in [3.63, 3.8) is 0 Å². The summed E-state index contributed by atoms with van der Waals surface area (Å²) in [4.78, 5) is 22.9. The summed E-state index contributed by atoms with van der Waals surface area (Å²) in [5.41, 5.74) is 3.29. The summed E-state index contributed by atoms with van der Waals surface area (Å²) >= 11 is 0. The van der Waals surface area contributed by atoms with Crippen molar-refractivity contribution < 1.29 is 14.7 Å². The molecule has 1 aromatic carbocycles. The van der Waals surface area contributed by atoms with Crippen LogP contribution in [0, 0.1) is 19.8 Å². The van der Waals surface area contributed by atoms with E-state index in [4.69, 9.17) is 5.11 Å². The molecule has 108 valence electrons. The third kappa shape index (κ3) is 3.59. The highest BCUT2D eigenvalue weighted by molar-refractivity contribution is 5.79. The summed E-state index contributed by atoms with van der Waals surface area (Å²) in [6.07, 6.45) is 2.33. The highest BCUT2D eigenvalue weighted by Gasteiger charge is 2.30. The van der Waals surface area contributed by atoms with E-state index in [1.165, 1.54) is 0 Å². The summed E-state index contributed by atoms with van der Waals surface area (Å²) < 4.78 is 0. The smallest absolute Gasteiger partial charge is 0.306 e. The van der Waals surface area contributed by atoms with Gasteiger partial charge in [0.2, 0.25) is 5.91 Å². The monoisotopic (exact) mass is 275 g/mol. The van der Waals surface area contributed by atoms with Crippen LogP contribution in [0.5, 0.6) is 0 Å². The van der Waals surface area contributed by atoms with Gasteiger partial charge in [-0.3, -0.25) is 9.59 Å². The third-order valence-corrected chi connectivity index (χ3v) is 4.00. The van der Waals surface area contributed by atoms with Crippen LogP contribution < -0.4 is 5.32 Å². The van der Waals surface area contributed by atoms with Gasteiger partial charge in [-0.15, -0.1) is 0 Å². The molecule has 0 aromatic heterocycles. The molecule has 0 saturated heterocycles. The minimum absolute atomic E-state index is 0.00807. The number of amides is 1.